The normalized spacial score (nSPS) is 51.2. The molecule has 142 valence electrons. The van der Waals surface area contributed by atoms with Crippen LogP contribution in [-0.4, -0.2) is 18.0 Å². The zero-order chi connectivity index (χ0) is 18.0. The lowest BCUT2D eigenvalue weighted by atomic mass is 9.45. The summed E-state index contributed by atoms with van der Waals surface area (Å²) in [5.74, 6) is -0.625. The van der Waals surface area contributed by atoms with Gasteiger partial charge in [-0.1, -0.05) is 13.8 Å². The van der Waals surface area contributed by atoms with Gasteiger partial charge < -0.3 is 4.74 Å². The fourth-order valence-electron chi connectivity index (χ4n) is 7.52. The highest BCUT2D eigenvalue weighted by molar-refractivity contribution is 5.66. The number of rotatable bonds is 1. The van der Waals surface area contributed by atoms with Crippen LogP contribution in [-0.2, 0) is 9.53 Å². The average Bonchev–Trinajstić information content (AvgIpc) is 2.84. The lowest BCUT2D eigenvalue weighted by Gasteiger charge is -2.60. The van der Waals surface area contributed by atoms with Crippen molar-refractivity contribution in [3.05, 3.63) is 0 Å². The molecule has 0 N–H and O–H groups in total. The van der Waals surface area contributed by atoms with E-state index >= 15 is 0 Å². The minimum Gasteiger partial charge on any atom is -0.462 e. The summed E-state index contributed by atoms with van der Waals surface area (Å²) in [4.78, 5) is 11.5. The SMILES string of the molecule is CC(=O)OC1CC[C@H]2[C@@H]3CCC4CC(F)(F)CC[C@]4(C)[C@H]3CC[C@]12C. The maximum Gasteiger partial charge on any atom is 0.302 e. The molecule has 4 fully saturated rings. The molecule has 0 spiro atoms. The van der Waals surface area contributed by atoms with Crippen molar-refractivity contribution in [2.24, 2.45) is 34.5 Å². The molecular formula is C21H32F2O2. The Balaban J connectivity index is 1.57. The summed E-state index contributed by atoms with van der Waals surface area (Å²) in [5.41, 5.74) is 0.181. The molecule has 4 heteroatoms. The van der Waals surface area contributed by atoms with Crippen molar-refractivity contribution in [3.63, 3.8) is 0 Å². The van der Waals surface area contributed by atoms with Gasteiger partial charge in [0.1, 0.15) is 6.10 Å². The van der Waals surface area contributed by atoms with Gasteiger partial charge >= 0.3 is 5.97 Å². The number of carbonyl (C=O) groups excluding carboxylic acids is 1. The van der Waals surface area contributed by atoms with E-state index in [0.29, 0.717) is 24.2 Å². The second kappa shape index (κ2) is 5.66. The maximum absolute atomic E-state index is 14.0. The third kappa shape index (κ3) is 2.65. The Morgan fingerprint density at radius 3 is 2.36 bits per heavy atom. The molecule has 0 bridgehead atoms. The van der Waals surface area contributed by atoms with Crippen molar-refractivity contribution < 1.29 is 18.3 Å². The van der Waals surface area contributed by atoms with E-state index < -0.39 is 5.92 Å². The number of carbonyl (C=O) groups is 1. The van der Waals surface area contributed by atoms with E-state index in [4.69, 9.17) is 4.74 Å². The molecule has 0 aromatic rings. The number of halogens is 2. The van der Waals surface area contributed by atoms with Crippen molar-refractivity contribution in [1.29, 1.82) is 0 Å². The molecule has 4 rings (SSSR count). The molecule has 0 aromatic carbocycles. The van der Waals surface area contributed by atoms with Gasteiger partial charge in [-0.15, -0.1) is 0 Å². The van der Waals surface area contributed by atoms with E-state index in [1.807, 2.05) is 0 Å². The van der Waals surface area contributed by atoms with Crippen molar-refractivity contribution in [3.8, 4) is 0 Å². The molecule has 0 saturated heterocycles. The number of alkyl halides is 2. The van der Waals surface area contributed by atoms with Crippen molar-refractivity contribution in [1.82, 2.24) is 0 Å². The first-order valence-electron chi connectivity index (χ1n) is 10.2. The first-order chi connectivity index (χ1) is 11.7. The summed E-state index contributed by atoms with van der Waals surface area (Å²) >= 11 is 0. The second-order valence-electron chi connectivity index (χ2n) is 9.94. The van der Waals surface area contributed by atoms with Crippen LogP contribution in [0.15, 0.2) is 0 Å². The number of hydrogen-bond acceptors (Lipinski definition) is 2. The van der Waals surface area contributed by atoms with Gasteiger partial charge in [-0.3, -0.25) is 4.79 Å². The molecule has 0 aliphatic heterocycles. The van der Waals surface area contributed by atoms with Crippen LogP contribution in [0.25, 0.3) is 0 Å². The van der Waals surface area contributed by atoms with Gasteiger partial charge in [0.15, 0.2) is 0 Å². The summed E-state index contributed by atoms with van der Waals surface area (Å²) in [6.45, 7) is 6.14. The fraction of sp³-hybridized carbons (Fsp3) is 0.952. The van der Waals surface area contributed by atoms with Gasteiger partial charge in [-0.2, -0.15) is 0 Å². The number of hydrogen-bond donors (Lipinski definition) is 0. The molecule has 2 nitrogen and oxygen atoms in total. The zero-order valence-corrected chi connectivity index (χ0v) is 15.8. The third-order valence-electron chi connectivity index (χ3n) is 8.86. The van der Waals surface area contributed by atoms with Crippen LogP contribution in [0, 0.1) is 34.5 Å². The van der Waals surface area contributed by atoms with Crippen molar-refractivity contribution >= 4 is 5.97 Å². The summed E-state index contributed by atoms with van der Waals surface area (Å²) in [6.07, 6.45) is 7.26. The van der Waals surface area contributed by atoms with Gasteiger partial charge in [-0.05, 0) is 74.0 Å². The molecule has 0 aromatic heterocycles. The highest BCUT2D eigenvalue weighted by Gasteiger charge is 2.62. The molecule has 0 amide bonds. The predicted molar refractivity (Wildman–Crippen MR) is 92.2 cm³/mol. The molecular weight excluding hydrogens is 322 g/mol. The van der Waals surface area contributed by atoms with E-state index in [-0.39, 0.29) is 41.7 Å². The number of esters is 1. The minimum absolute atomic E-state index is 0.0529. The minimum atomic E-state index is -2.45. The Morgan fingerprint density at radius 1 is 0.920 bits per heavy atom. The largest absolute Gasteiger partial charge is 0.462 e. The van der Waals surface area contributed by atoms with Gasteiger partial charge in [0.25, 0.3) is 0 Å². The summed E-state index contributed by atoms with van der Waals surface area (Å²) < 4.78 is 33.6. The van der Waals surface area contributed by atoms with Crippen LogP contribution in [0.2, 0.25) is 0 Å². The molecule has 0 radical (unpaired) electrons. The second-order valence-corrected chi connectivity index (χ2v) is 9.94. The quantitative estimate of drug-likeness (QED) is 0.573. The number of ether oxygens (including phenoxy) is 1. The third-order valence-corrected chi connectivity index (χ3v) is 8.86. The Kier molecular flexibility index (Phi) is 4.01. The van der Waals surface area contributed by atoms with Crippen LogP contribution >= 0.6 is 0 Å². The van der Waals surface area contributed by atoms with Crippen LogP contribution in [0.5, 0.6) is 0 Å². The molecule has 25 heavy (non-hydrogen) atoms. The van der Waals surface area contributed by atoms with Gasteiger partial charge in [0.2, 0.25) is 5.92 Å². The highest BCUT2D eigenvalue weighted by Crippen LogP contribution is 2.67. The van der Waals surface area contributed by atoms with E-state index in [2.05, 4.69) is 13.8 Å². The topological polar surface area (TPSA) is 26.3 Å². The Morgan fingerprint density at radius 2 is 1.64 bits per heavy atom. The lowest BCUT2D eigenvalue weighted by molar-refractivity contribution is -0.174. The van der Waals surface area contributed by atoms with Crippen molar-refractivity contribution in [2.45, 2.75) is 90.6 Å². The lowest BCUT2D eigenvalue weighted by Crippen LogP contribution is -2.55. The average molecular weight is 354 g/mol. The molecule has 4 aliphatic carbocycles. The van der Waals surface area contributed by atoms with E-state index in [1.165, 1.54) is 6.92 Å². The Bertz CT molecular complexity index is 562. The maximum atomic E-state index is 14.0. The summed E-state index contributed by atoms with van der Waals surface area (Å²) in [6, 6.07) is 0. The van der Waals surface area contributed by atoms with Crippen LogP contribution in [0.3, 0.4) is 0 Å². The summed E-state index contributed by atoms with van der Waals surface area (Å²) in [7, 11) is 0. The Labute approximate surface area is 150 Å². The smallest absolute Gasteiger partial charge is 0.302 e. The number of fused-ring (bicyclic) bond motifs is 5. The van der Waals surface area contributed by atoms with Crippen LogP contribution in [0.4, 0.5) is 8.78 Å². The van der Waals surface area contributed by atoms with Gasteiger partial charge in [0.05, 0.1) is 0 Å². The molecule has 4 aliphatic rings. The summed E-state index contributed by atoms with van der Waals surface area (Å²) in [5, 5.41) is 0. The predicted octanol–water partition coefficient (Wildman–Crippen LogP) is 5.60. The first kappa shape index (κ1) is 17.7. The van der Waals surface area contributed by atoms with Gasteiger partial charge in [-0.25, -0.2) is 8.78 Å². The molecule has 7 atom stereocenters. The molecule has 2 unspecified atom stereocenters. The van der Waals surface area contributed by atoms with E-state index in [1.54, 1.807) is 0 Å². The fourth-order valence-corrected chi connectivity index (χ4v) is 7.52. The Hall–Kier alpha value is -0.670. The van der Waals surface area contributed by atoms with E-state index in [0.717, 1.165) is 38.5 Å². The monoisotopic (exact) mass is 354 g/mol. The zero-order valence-electron chi connectivity index (χ0n) is 15.8. The molecule has 4 saturated carbocycles. The first-order valence-corrected chi connectivity index (χ1v) is 10.2. The van der Waals surface area contributed by atoms with Crippen molar-refractivity contribution in [2.75, 3.05) is 0 Å². The van der Waals surface area contributed by atoms with E-state index in [9.17, 15) is 13.6 Å². The standard InChI is InChI=1S/C21H32F2O2/c1-13(24)25-18-7-6-16-15-5-4-14-12-21(22,23)11-10-19(14,2)17(15)8-9-20(16,18)3/h14-18H,4-12H2,1-3H3/t14?,15-,16-,17-,18?,19-,20-/m0/s1. The van der Waals surface area contributed by atoms with Gasteiger partial charge in [0, 0.05) is 25.2 Å². The van der Waals surface area contributed by atoms with Crippen LogP contribution < -0.4 is 0 Å². The molecule has 0 heterocycles. The highest BCUT2D eigenvalue weighted by atomic mass is 19.3. The van der Waals surface area contributed by atoms with Crippen LogP contribution in [0.1, 0.15) is 78.6 Å².